The van der Waals surface area contributed by atoms with E-state index in [0.29, 0.717) is 15.3 Å². The number of carbonyl (C=O) groups excluding carboxylic acids is 1. The molecular weight excluding hydrogens is 350 g/mol. The minimum Gasteiger partial charge on any atom is -0.298 e. The van der Waals surface area contributed by atoms with Gasteiger partial charge in [0.15, 0.2) is 5.13 Å². The van der Waals surface area contributed by atoms with E-state index in [2.05, 4.69) is 50.3 Å². The third-order valence-corrected chi connectivity index (χ3v) is 4.43. The molecule has 1 aromatic carbocycles. The van der Waals surface area contributed by atoms with Gasteiger partial charge in [-0.15, -0.1) is 0 Å². The third kappa shape index (κ3) is 2.96. The Bertz CT molecular complexity index is 827. The standard InChI is InChI=1S/C15H12BrN3OS/c1-8-5-9(2)13-11(6-8)21-15(18-13)19-14(20)10-3-4-12(16)17-7-10/h3-7H,1-2H3,(H,18,19,20). The number of rotatable bonds is 2. The largest absolute Gasteiger partial charge is 0.298 e. The smallest absolute Gasteiger partial charge is 0.259 e. The summed E-state index contributed by atoms with van der Waals surface area (Å²) < 4.78 is 1.78. The van der Waals surface area contributed by atoms with Crippen LogP contribution in [0.5, 0.6) is 0 Å². The molecular formula is C15H12BrN3OS. The zero-order chi connectivity index (χ0) is 15.0. The third-order valence-electron chi connectivity index (χ3n) is 3.04. The Balaban J connectivity index is 1.89. The predicted molar refractivity (Wildman–Crippen MR) is 89.0 cm³/mol. The SMILES string of the molecule is Cc1cc(C)c2nc(NC(=O)c3ccc(Br)nc3)sc2c1. The zero-order valence-electron chi connectivity index (χ0n) is 11.5. The highest BCUT2D eigenvalue weighted by Crippen LogP contribution is 2.29. The van der Waals surface area contributed by atoms with Crippen LogP contribution in [0.1, 0.15) is 21.5 Å². The van der Waals surface area contributed by atoms with Gasteiger partial charge < -0.3 is 0 Å². The highest BCUT2D eigenvalue weighted by Gasteiger charge is 2.11. The van der Waals surface area contributed by atoms with Gasteiger partial charge in [-0.2, -0.15) is 0 Å². The summed E-state index contributed by atoms with van der Waals surface area (Å²) in [6.07, 6.45) is 1.53. The summed E-state index contributed by atoms with van der Waals surface area (Å²) in [4.78, 5) is 20.7. The topological polar surface area (TPSA) is 54.9 Å². The van der Waals surface area contributed by atoms with Crippen LogP contribution < -0.4 is 5.32 Å². The second-order valence-electron chi connectivity index (χ2n) is 4.77. The fraction of sp³-hybridized carbons (Fsp3) is 0.133. The van der Waals surface area contributed by atoms with E-state index in [-0.39, 0.29) is 5.91 Å². The molecule has 21 heavy (non-hydrogen) atoms. The highest BCUT2D eigenvalue weighted by molar-refractivity contribution is 9.10. The van der Waals surface area contributed by atoms with Crippen molar-refractivity contribution in [2.75, 3.05) is 5.32 Å². The number of aromatic nitrogens is 2. The van der Waals surface area contributed by atoms with E-state index in [1.165, 1.54) is 23.1 Å². The molecule has 0 spiro atoms. The van der Waals surface area contributed by atoms with E-state index < -0.39 is 0 Å². The molecule has 3 rings (SSSR count). The lowest BCUT2D eigenvalue weighted by atomic mass is 10.1. The molecule has 0 bridgehead atoms. The summed E-state index contributed by atoms with van der Waals surface area (Å²) in [6.45, 7) is 4.08. The molecule has 0 radical (unpaired) electrons. The molecule has 0 aliphatic heterocycles. The van der Waals surface area contributed by atoms with Crippen molar-refractivity contribution < 1.29 is 4.79 Å². The number of nitrogens with one attached hydrogen (secondary N) is 1. The van der Waals surface area contributed by atoms with E-state index in [9.17, 15) is 4.79 Å². The average Bonchev–Trinajstić information content (AvgIpc) is 2.82. The molecule has 6 heteroatoms. The Morgan fingerprint density at radius 2 is 2.10 bits per heavy atom. The maximum atomic E-state index is 12.2. The van der Waals surface area contributed by atoms with Crippen molar-refractivity contribution in [1.29, 1.82) is 0 Å². The van der Waals surface area contributed by atoms with Crippen molar-refractivity contribution in [3.05, 3.63) is 51.8 Å². The Morgan fingerprint density at radius 1 is 1.29 bits per heavy atom. The van der Waals surface area contributed by atoms with E-state index >= 15 is 0 Å². The quantitative estimate of drug-likeness (QED) is 0.691. The van der Waals surface area contributed by atoms with Crippen LogP contribution >= 0.6 is 27.3 Å². The van der Waals surface area contributed by atoms with Gasteiger partial charge in [0.2, 0.25) is 0 Å². The van der Waals surface area contributed by atoms with Gasteiger partial charge in [0.25, 0.3) is 5.91 Å². The van der Waals surface area contributed by atoms with E-state index in [1.54, 1.807) is 12.1 Å². The molecule has 0 unspecified atom stereocenters. The monoisotopic (exact) mass is 361 g/mol. The molecule has 106 valence electrons. The molecule has 0 atom stereocenters. The number of nitrogens with zero attached hydrogens (tertiary/aromatic N) is 2. The molecule has 1 amide bonds. The Labute approximate surface area is 134 Å². The molecule has 2 heterocycles. The minimum absolute atomic E-state index is 0.205. The highest BCUT2D eigenvalue weighted by atomic mass is 79.9. The molecule has 2 aromatic heterocycles. The minimum atomic E-state index is -0.205. The number of pyridine rings is 1. The molecule has 1 N–H and O–H groups in total. The van der Waals surface area contributed by atoms with Crippen LogP contribution in [0.2, 0.25) is 0 Å². The second-order valence-corrected chi connectivity index (χ2v) is 6.61. The molecule has 4 nitrogen and oxygen atoms in total. The van der Waals surface area contributed by atoms with Crippen molar-refractivity contribution in [3.8, 4) is 0 Å². The first-order chi connectivity index (χ1) is 10.0. The first-order valence-electron chi connectivity index (χ1n) is 6.33. The summed E-state index contributed by atoms with van der Waals surface area (Å²) in [7, 11) is 0. The predicted octanol–water partition coefficient (Wildman–Crippen LogP) is 4.32. The molecule has 0 fully saturated rings. The van der Waals surface area contributed by atoms with Crippen LogP contribution in [0.25, 0.3) is 10.2 Å². The number of hydrogen-bond donors (Lipinski definition) is 1. The first-order valence-corrected chi connectivity index (χ1v) is 7.94. The van der Waals surface area contributed by atoms with Gasteiger partial charge in [-0.1, -0.05) is 17.4 Å². The fourth-order valence-corrected chi connectivity index (χ4v) is 3.38. The van der Waals surface area contributed by atoms with Gasteiger partial charge in [0, 0.05) is 6.20 Å². The summed E-state index contributed by atoms with van der Waals surface area (Å²) in [5.41, 5.74) is 3.76. The van der Waals surface area contributed by atoms with Crippen LogP contribution in [0.4, 0.5) is 5.13 Å². The number of hydrogen-bond acceptors (Lipinski definition) is 4. The Hall–Kier alpha value is -1.79. The lowest BCUT2D eigenvalue weighted by Crippen LogP contribution is -2.11. The summed E-state index contributed by atoms with van der Waals surface area (Å²) >= 11 is 4.73. The summed E-state index contributed by atoms with van der Waals surface area (Å²) in [5, 5.41) is 3.43. The lowest BCUT2D eigenvalue weighted by molar-refractivity contribution is 0.102. The maximum absolute atomic E-state index is 12.2. The van der Waals surface area contributed by atoms with Crippen LogP contribution in [0, 0.1) is 13.8 Å². The normalized spacial score (nSPS) is 10.8. The van der Waals surface area contributed by atoms with Gasteiger partial charge in [0.05, 0.1) is 15.8 Å². The second kappa shape index (κ2) is 5.54. The number of halogens is 1. The molecule has 0 saturated carbocycles. The van der Waals surface area contributed by atoms with Crippen molar-refractivity contribution in [2.24, 2.45) is 0 Å². The van der Waals surface area contributed by atoms with E-state index in [1.807, 2.05) is 6.92 Å². The first kappa shape index (κ1) is 14.2. The van der Waals surface area contributed by atoms with Gasteiger partial charge in [0.1, 0.15) is 4.60 Å². The van der Waals surface area contributed by atoms with Crippen molar-refractivity contribution in [2.45, 2.75) is 13.8 Å². The van der Waals surface area contributed by atoms with Gasteiger partial charge in [-0.3, -0.25) is 10.1 Å². The average molecular weight is 362 g/mol. The summed E-state index contributed by atoms with van der Waals surface area (Å²) in [5.74, 6) is -0.205. The fourth-order valence-electron chi connectivity index (χ4n) is 2.10. The molecule has 3 aromatic rings. The van der Waals surface area contributed by atoms with E-state index in [4.69, 9.17) is 0 Å². The van der Waals surface area contributed by atoms with E-state index in [0.717, 1.165) is 15.8 Å². The zero-order valence-corrected chi connectivity index (χ0v) is 13.9. The number of amides is 1. The number of anilines is 1. The van der Waals surface area contributed by atoms with Crippen molar-refractivity contribution in [3.63, 3.8) is 0 Å². The van der Waals surface area contributed by atoms with Crippen LogP contribution in [-0.4, -0.2) is 15.9 Å². The molecule has 0 saturated heterocycles. The number of carbonyl (C=O) groups is 1. The number of benzene rings is 1. The molecule has 0 aliphatic carbocycles. The van der Waals surface area contributed by atoms with Crippen LogP contribution in [0.3, 0.4) is 0 Å². The van der Waals surface area contributed by atoms with Crippen molar-refractivity contribution >= 4 is 48.5 Å². The number of aryl methyl sites for hydroxylation is 2. The number of thiazole rings is 1. The van der Waals surface area contributed by atoms with Gasteiger partial charge in [-0.05, 0) is 59.1 Å². The van der Waals surface area contributed by atoms with Crippen LogP contribution in [0.15, 0.2) is 35.1 Å². The van der Waals surface area contributed by atoms with Gasteiger partial charge in [-0.25, -0.2) is 9.97 Å². The molecule has 0 aliphatic rings. The number of fused-ring (bicyclic) bond motifs is 1. The summed E-state index contributed by atoms with van der Waals surface area (Å²) in [6, 6.07) is 7.62. The van der Waals surface area contributed by atoms with Crippen molar-refractivity contribution in [1.82, 2.24) is 9.97 Å². The Morgan fingerprint density at radius 3 is 2.81 bits per heavy atom. The maximum Gasteiger partial charge on any atom is 0.259 e. The lowest BCUT2D eigenvalue weighted by Gasteiger charge is -2.00. The van der Waals surface area contributed by atoms with Gasteiger partial charge >= 0.3 is 0 Å². The van der Waals surface area contributed by atoms with Crippen LogP contribution in [-0.2, 0) is 0 Å². The Kier molecular flexibility index (Phi) is 3.73.